The van der Waals surface area contributed by atoms with Gasteiger partial charge in [-0.2, -0.15) is 0 Å². The second-order valence-electron chi connectivity index (χ2n) is 8.01. The number of ether oxygens (including phenoxy) is 3. The number of carbonyl (C=O) groups excluding carboxylic acids is 1. The Kier molecular flexibility index (Phi) is 8.49. The number of nitro benzene ring substituents is 1. The number of morpholine rings is 1. The van der Waals surface area contributed by atoms with Crippen molar-refractivity contribution in [3.05, 3.63) is 57.1 Å². The van der Waals surface area contributed by atoms with Crippen LogP contribution in [-0.4, -0.2) is 61.7 Å². The number of carbonyl (C=O) groups is 1. The zero-order chi connectivity index (χ0) is 24.0. The van der Waals surface area contributed by atoms with Gasteiger partial charge in [-0.25, -0.2) is 0 Å². The minimum absolute atomic E-state index is 0.0187. The maximum Gasteiger partial charge on any atom is 0.313 e. The zero-order valence-corrected chi connectivity index (χ0v) is 19.6. The van der Waals surface area contributed by atoms with Crippen LogP contribution in [0.3, 0.4) is 0 Å². The number of nitrogens with one attached hydrogen (secondary N) is 1. The lowest BCUT2D eigenvalue weighted by atomic mass is 10.0. The molecule has 0 saturated carbocycles. The number of hydrogen-bond donors (Lipinski definition) is 1. The van der Waals surface area contributed by atoms with Crippen LogP contribution in [0.2, 0.25) is 5.02 Å². The summed E-state index contributed by atoms with van der Waals surface area (Å²) < 4.78 is 16.5. The lowest BCUT2D eigenvalue weighted by molar-refractivity contribution is -0.385. The number of hydrogen-bond acceptors (Lipinski definition) is 7. The van der Waals surface area contributed by atoms with Crippen LogP contribution in [0.15, 0.2) is 36.4 Å². The van der Waals surface area contributed by atoms with Crippen LogP contribution in [0.1, 0.15) is 24.2 Å². The van der Waals surface area contributed by atoms with Gasteiger partial charge in [0.2, 0.25) is 5.75 Å². The summed E-state index contributed by atoms with van der Waals surface area (Å²) in [6.07, 6.45) is 0. The van der Waals surface area contributed by atoms with E-state index in [1.165, 1.54) is 25.3 Å². The molecule has 0 bridgehead atoms. The summed E-state index contributed by atoms with van der Waals surface area (Å²) in [5.41, 5.74) is 0.128. The van der Waals surface area contributed by atoms with E-state index in [4.69, 9.17) is 25.8 Å². The molecule has 1 aliphatic heterocycles. The van der Waals surface area contributed by atoms with Gasteiger partial charge in [0.1, 0.15) is 0 Å². The molecule has 0 aliphatic carbocycles. The van der Waals surface area contributed by atoms with E-state index in [0.29, 0.717) is 31.2 Å². The van der Waals surface area contributed by atoms with Gasteiger partial charge in [0, 0.05) is 42.3 Å². The lowest BCUT2D eigenvalue weighted by Crippen LogP contribution is -2.51. The van der Waals surface area contributed by atoms with E-state index >= 15 is 0 Å². The fourth-order valence-corrected chi connectivity index (χ4v) is 3.89. The Bertz CT molecular complexity index is 994. The van der Waals surface area contributed by atoms with Crippen molar-refractivity contribution in [2.45, 2.75) is 19.9 Å². The summed E-state index contributed by atoms with van der Waals surface area (Å²) in [5, 5.41) is 14.6. The highest BCUT2D eigenvalue weighted by Crippen LogP contribution is 2.37. The monoisotopic (exact) mass is 477 g/mol. The first-order chi connectivity index (χ1) is 15.8. The van der Waals surface area contributed by atoms with Gasteiger partial charge < -0.3 is 19.5 Å². The number of halogens is 1. The number of nitro groups is 1. The van der Waals surface area contributed by atoms with E-state index in [1.54, 1.807) is 18.2 Å². The molecule has 33 heavy (non-hydrogen) atoms. The van der Waals surface area contributed by atoms with Gasteiger partial charge in [-0.3, -0.25) is 19.8 Å². The first kappa shape index (κ1) is 24.8. The maximum absolute atomic E-state index is 12.8. The summed E-state index contributed by atoms with van der Waals surface area (Å²) in [7, 11) is 1.44. The second-order valence-corrected chi connectivity index (χ2v) is 8.44. The highest BCUT2D eigenvalue weighted by atomic mass is 35.5. The average Bonchev–Trinajstić information content (AvgIpc) is 2.80. The Morgan fingerprint density at radius 3 is 2.52 bits per heavy atom. The largest absolute Gasteiger partial charge is 0.493 e. The molecule has 0 spiro atoms. The Labute approximate surface area is 197 Å². The van der Waals surface area contributed by atoms with Gasteiger partial charge in [0.25, 0.3) is 5.91 Å². The van der Waals surface area contributed by atoms with Crippen LogP contribution in [0.25, 0.3) is 0 Å². The van der Waals surface area contributed by atoms with Crippen molar-refractivity contribution >= 4 is 23.2 Å². The van der Waals surface area contributed by atoms with Crippen LogP contribution < -0.4 is 14.8 Å². The van der Waals surface area contributed by atoms with Gasteiger partial charge in [0.05, 0.1) is 25.2 Å². The zero-order valence-electron chi connectivity index (χ0n) is 18.9. The first-order valence-corrected chi connectivity index (χ1v) is 11.1. The predicted molar refractivity (Wildman–Crippen MR) is 125 cm³/mol. The average molecular weight is 478 g/mol. The van der Waals surface area contributed by atoms with Crippen molar-refractivity contribution < 1.29 is 23.9 Å². The second kappa shape index (κ2) is 11.3. The van der Waals surface area contributed by atoms with Gasteiger partial charge in [-0.1, -0.05) is 25.4 Å². The standard InChI is InChI=1S/C23H28ClN3O6/c1-15(2)19(26-8-10-32-11-9-26)14-25-23(28)16-4-6-21(22(12-16)31-3)33-20-7-5-17(24)13-18(20)27(29)30/h4-7,12-13,15,19H,8-11,14H2,1-3H3,(H,25,28). The summed E-state index contributed by atoms with van der Waals surface area (Å²) in [4.78, 5) is 25.9. The molecule has 10 heteroatoms. The molecule has 1 N–H and O–H groups in total. The molecule has 2 aromatic rings. The van der Waals surface area contributed by atoms with E-state index in [0.717, 1.165) is 13.1 Å². The van der Waals surface area contributed by atoms with E-state index in [-0.39, 0.29) is 39.9 Å². The molecule has 1 amide bonds. The van der Waals surface area contributed by atoms with Crippen molar-refractivity contribution in [3.8, 4) is 17.2 Å². The molecule has 0 radical (unpaired) electrons. The predicted octanol–water partition coefficient (Wildman–Crippen LogP) is 4.14. The normalized spacial score (nSPS) is 15.2. The minimum Gasteiger partial charge on any atom is -0.493 e. The van der Waals surface area contributed by atoms with E-state index in [9.17, 15) is 14.9 Å². The van der Waals surface area contributed by atoms with Crippen LogP contribution >= 0.6 is 11.6 Å². The Morgan fingerprint density at radius 1 is 1.18 bits per heavy atom. The number of amides is 1. The molecule has 1 saturated heterocycles. The Balaban J connectivity index is 1.72. The molecule has 1 fully saturated rings. The number of methoxy groups -OCH3 is 1. The van der Waals surface area contributed by atoms with Crippen LogP contribution in [0, 0.1) is 16.0 Å². The molecule has 9 nitrogen and oxygen atoms in total. The highest BCUT2D eigenvalue weighted by molar-refractivity contribution is 6.30. The smallest absolute Gasteiger partial charge is 0.313 e. The highest BCUT2D eigenvalue weighted by Gasteiger charge is 2.25. The van der Waals surface area contributed by atoms with Crippen molar-refractivity contribution in [1.29, 1.82) is 0 Å². The van der Waals surface area contributed by atoms with Crippen LogP contribution in [0.5, 0.6) is 17.2 Å². The van der Waals surface area contributed by atoms with Gasteiger partial charge >= 0.3 is 5.69 Å². The van der Waals surface area contributed by atoms with Gasteiger partial charge in [-0.05, 0) is 36.2 Å². The topological polar surface area (TPSA) is 103 Å². The number of benzene rings is 2. The quantitative estimate of drug-likeness (QED) is 0.427. The van der Waals surface area contributed by atoms with Crippen molar-refractivity contribution in [2.75, 3.05) is 40.0 Å². The van der Waals surface area contributed by atoms with E-state index in [1.807, 2.05) is 0 Å². The number of rotatable bonds is 9. The molecular weight excluding hydrogens is 450 g/mol. The first-order valence-electron chi connectivity index (χ1n) is 10.7. The third-order valence-electron chi connectivity index (χ3n) is 5.52. The lowest BCUT2D eigenvalue weighted by Gasteiger charge is -2.36. The third kappa shape index (κ3) is 6.34. The Hall–Kier alpha value is -2.88. The summed E-state index contributed by atoms with van der Waals surface area (Å²) in [6.45, 7) is 7.86. The molecule has 1 atom stereocenters. The molecule has 3 rings (SSSR count). The SMILES string of the molecule is COc1cc(C(=O)NCC(C(C)C)N2CCOCC2)ccc1Oc1ccc(Cl)cc1[N+](=O)[O-]. The molecule has 178 valence electrons. The molecule has 2 aromatic carbocycles. The van der Waals surface area contributed by atoms with Crippen LogP contribution in [-0.2, 0) is 4.74 Å². The molecular formula is C23H28ClN3O6. The van der Waals surface area contributed by atoms with Gasteiger partial charge in [-0.15, -0.1) is 0 Å². The van der Waals surface area contributed by atoms with E-state index in [2.05, 4.69) is 24.1 Å². The van der Waals surface area contributed by atoms with Crippen molar-refractivity contribution in [2.24, 2.45) is 5.92 Å². The minimum atomic E-state index is -0.574. The van der Waals surface area contributed by atoms with E-state index < -0.39 is 4.92 Å². The summed E-state index contributed by atoms with van der Waals surface area (Å²) >= 11 is 5.86. The summed E-state index contributed by atoms with van der Waals surface area (Å²) in [6, 6.07) is 9.02. The van der Waals surface area contributed by atoms with Gasteiger partial charge in [0.15, 0.2) is 11.5 Å². The van der Waals surface area contributed by atoms with Crippen molar-refractivity contribution in [1.82, 2.24) is 10.2 Å². The van der Waals surface area contributed by atoms with Crippen LogP contribution in [0.4, 0.5) is 5.69 Å². The van der Waals surface area contributed by atoms with Crippen molar-refractivity contribution in [3.63, 3.8) is 0 Å². The summed E-state index contributed by atoms with van der Waals surface area (Å²) in [5.74, 6) is 0.665. The fourth-order valence-electron chi connectivity index (χ4n) is 3.73. The fraction of sp³-hybridized carbons (Fsp3) is 0.435. The maximum atomic E-state index is 12.8. The molecule has 0 aromatic heterocycles. The number of nitrogens with zero attached hydrogens (tertiary/aromatic N) is 2. The molecule has 1 heterocycles. The third-order valence-corrected chi connectivity index (χ3v) is 5.75. The molecule has 1 unspecified atom stereocenters. The molecule has 1 aliphatic rings. The Morgan fingerprint density at radius 2 is 1.88 bits per heavy atom.